The first-order valence-electron chi connectivity index (χ1n) is 6.35. The first-order valence-corrected chi connectivity index (χ1v) is 6.35. The van der Waals surface area contributed by atoms with Gasteiger partial charge in [0, 0.05) is 18.7 Å². The molecule has 2 aromatic carbocycles. The molecule has 0 bridgehead atoms. The minimum Gasteiger partial charge on any atom is -0.266 e. The van der Waals surface area contributed by atoms with Gasteiger partial charge in [0.05, 0.1) is 5.69 Å². The molecule has 2 nitrogen and oxygen atoms in total. The van der Waals surface area contributed by atoms with Gasteiger partial charge in [0.25, 0.3) is 0 Å². The van der Waals surface area contributed by atoms with Crippen molar-refractivity contribution < 1.29 is 0 Å². The van der Waals surface area contributed by atoms with E-state index in [0.29, 0.717) is 0 Å². The Bertz CT molecular complexity index is 560. The van der Waals surface area contributed by atoms with Crippen LogP contribution in [0.25, 0.3) is 0 Å². The van der Waals surface area contributed by atoms with Gasteiger partial charge in [-0.3, -0.25) is 5.01 Å². The highest BCUT2D eigenvalue weighted by Crippen LogP contribution is 2.34. The number of fused-ring (bicyclic) bond motifs is 1. The Morgan fingerprint density at radius 3 is 2.50 bits per heavy atom. The maximum absolute atomic E-state index is 4.56. The van der Waals surface area contributed by atoms with Crippen LogP contribution in [0.3, 0.4) is 0 Å². The van der Waals surface area contributed by atoms with Crippen molar-refractivity contribution in [2.75, 3.05) is 11.6 Å². The molecule has 0 spiro atoms. The maximum atomic E-state index is 4.56. The molecular formula is C16H16N2. The fourth-order valence-corrected chi connectivity index (χ4v) is 2.45. The molecule has 1 atom stereocenters. The molecule has 0 saturated carbocycles. The summed E-state index contributed by atoms with van der Waals surface area (Å²) in [6, 6.07) is 19.0. The summed E-state index contributed by atoms with van der Waals surface area (Å²) in [7, 11) is 0. The molecular weight excluding hydrogens is 220 g/mol. The van der Waals surface area contributed by atoms with Gasteiger partial charge in [-0.2, -0.15) is 5.10 Å². The fraction of sp³-hybridized carbons (Fsp3) is 0.188. The Morgan fingerprint density at radius 1 is 1.00 bits per heavy atom. The molecule has 0 aromatic heterocycles. The van der Waals surface area contributed by atoms with Crippen LogP contribution >= 0.6 is 0 Å². The third kappa shape index (κ3) is 1.80. The fourth-order valence-electron chi connectivity index (χ4n) is 2.45. The van der Waals surface area contributed by atoms with Gasteiger partial charge in [-0.25, -0.2) is 0 Å². The molecule has 0 saturated heterocycles. The van der Waals surface area contributed by atoms with Gasteiger partial charge in [-0.05, 0) is 24.1 Å². The van der Waals surface area contributed by atoms with Gasteiger partial charge in [-0.1, -0.05) is 48.5 Å². The third-order valence-electron chi connectivity index (χ3n) is 3.36. The zero-order valence-corrected chi connectivity index (χ0v) is 10.5. The van der Waals surface area contributed by atoms with Gasteiger partial charge in [-0.15, -0.1) is 0 Å². The van der Waals surface area contributed by atoms with Crippen molar-refractivity contribution in [1.29, 1.82) is 0 Å². The quantitative estimate of drug-likeness (QED) is 0.777. The Hall–Kier alpha value is -2.09. The summed E-state index contributed by atoms with van der Waals surface area (Å²) in [5.74, 6) is 0.269. The average Bonchev–Trinajstić information content (AvgIpc) is 2.47. The SMILES string of the molecule is CCN1N=CC(c2ccccc2)c2ccccc21. The molecule has 18 heavy (non-hydrogen) atoms. The second kappa shape index (κ2) is 4.65. The maximum Gasteiger partial charge on any atom is 0.0635 e. The van der Waals surface area contributed by atoms with E-state index in [1.165, 1.54) is 16.8 Å². The van der Waals surface area contributed by atoms with E-state index in [9.17, 15) is 0 Å². The molecule has 0 amide bonds. The third-order valence-corrected chi connectivity index (χ3v) is 3.36. The van der Waals surface area contributed by atoms with E-state index in [1.54, 1.807) is 0 Å². The lowest BCUT2D eigenvalue weighted by molar-refractivity contribution is 0.853. The summed E-state index contributed by atoms with van der Waals surface area (Å²) < 4.78 is 0. The zero-order valence-electron chi connectivity index (χ0n) is 10.5. The normalized spacial score (nSPS) is 17.6. The summed E-state index contributed by atoms with van der Waals surface area (Å²) >= 11 is 0. The number of anilines is 1. The van der Waals surface area contributed by atoms with Crippen LogP contribution in [0.4, 0.5) is 5.69 Å². The van der Waals surface area contributed by atoms with E-state index in [-0.39, 0.29) is 5.92 Å². The number of hydrazone groups is 1. The van der Waals surface area contributed by atoms with Crippen LogP contribution < -0.4 is 5.01 Å². The van der Waals surface area contributed by atoms with E-state index in [0.717, 1.165) is 6.54 Å². The first kappa shape index (κ1) is 11.0. The summed E-state index contributed by atoms with van der Waals surface area (Å²) in [5, 5.41) is 6.61. The topological polar surface area (TPSA) is 15.6 Å². The van der Waals surface area contributed by atoms with Crippen LogP contribution in [0.1, 0.15) is 24.0 Å². The number of benzene rings is 2. The van der Waals surface area contributed by atoms with Crippen molar-refractivity contribution in [2.24, 2.45) is 5.10 Å². The second-order valence-electron chi connectivity index (χ2n) is 4.43. The van der Waals surface area contributed by atoms with Gasteiger partial charge in [0.2, 0.25) is 0 Å². The number of para-hydroxylation sites is 1. The summed E-state index contributed by atoms with van der Waals surface area (Å²) in [6.07, 6.45) is 2.04. The van der Waals surface area contributed by atoms with Crippen molar-refractivity contribution in [3.8, 4) is 0 Å². The predicted octanol–water partition coefficient (Wildman–Crippen LogP) is 3.64. The Labute approximate surface area is 108 Å². The Morgan fingerprint density at radius 2 is 1.72 bits per heavy atom. The Balaban J connectivity index is 2.09. The molecule has 1 unspecified atom stereocenters. The lowest BCUT2D eigenvalue weighted by Gasteiger charge is -2.28. The number of hydrogen-bond donors (Lipinski definition) is 0. The van der Waals surface area contributed by atoms with E-state index in [1.807, 2.05) is 12.3 Å². The summed E-state index contributed by atoms with van der Waals surface area (Å²) in [5.41, 5.74) is 3.85. The van der Waals surface area contributed by atoms with Crippen LogP contribution in [0.15, 0.2) is 59.7 Å². The Kier molecular flexibility index (Phi) is 2.85. The van der Waals surface area contributed by atoms with Crippen LogP contribution in [-0.2, 0) is 0 Å². The standard InChI is InChI=1S/C16H16N2/c1-2-18-16-11-7-6-10-14(16)15(12-17-18)13-8-4-3-5-9-13/h3-12,15H,2H2,1H3. The first-order chi connectivity index (χ1) is 8.90. The van der Waals surface area contributed by atoms with Crippen LogP contribution in [-0.4, -0.2) is 12.8 Å². The van der Waals surface area contributed by atoms with Crippen molar-refractivity contribution in [3.63, 3.8) is 0 Å². The van der Waals surface area contributed by atoms with Gasteiger partial charge < -0.3 is 0 Å². The molecule has 90 valence electrons. The van der Waals surface area contributed by atoms with Crippen molar-refractivity contribution in [2.45, 2.75) is 12.8 Å². The molecule has 0 radical (unpaired) electrons. The highest BCUT2D eigenvalue weighted by molar-refractivity contribution is 5.81. The van der Waals surface area contributed by atoms with Crippen LogP contribution in [0.5, 0.6) is 0 Å². The second-order valence-corrected chi connectivity index (χ2v) is 4.43. The smallest absolute Gasteiger partial charge is 0.0635 e. The van der Waals surface area contributed by atoms with E-state index < -0.39 is 0 Å². The molecule has 1 heterocycles. The van der Waals surface area contributed by atoms with Crippen molar-refractivity contribution in [3.05, 3.63) is 65.7 Å². The summed E-state index contributed by atoms with van der Waals surface area (Å²) in [6.45, 7) is 3.02. The van der Waals surface area contributed by atoms with Crippen molar-refractivity contribution in [1.82, 2.24) is 0 Å². The molecule has 2 heteroatoms. The van der Waals surface area contributed by atoms with Crippen molar-refractivity contribution >= 4 is 11.9 Å². The lowest BCUT2D eigenvalue weighted by atomic mass is 9.90. The lowest BCUT2D eigenvalue weighted by Crippen LogP contribution is -2.23. The number of hydrogen-bond acceptors (Lipinski definition) is 2. The minimum absolute atomic E-state index is 0.269. The van der Waals surface area contributed by atoms with Crippen LogP contribution in [0, 0.1) is 0 Å². The van der Waals surface area contributed by atoms with E-state index >= 15 is 0 Å². The van der Waals surface area contributed by atoms with Gasteiger partial charge in [0.1, 0.15) is 0 Å². The molecule has 0 aliphatic carbocycles. The highest BCUT2D eigenvalue weighted by Gasteiger charge is 2.21. The van der Waals surface area contributed by atoms with E-state index in [2.05, 4.69) is 65.6 Å². The van der Waals surface area contributed by atoms with Crippen LogP contribution in [0.2, 0.25) is 0 Å². The number of nitrogens with zero attached hydrogens (tertiary/aromatic N) is 2. The molecule has 2 aromatic rings. The summed E-state index contributed by atoms with van der Waals surface area (Å²) in [4.78, 5) is 0. The molecule has 1 aliphatic heterocycles. The minimum atomic E-state index is 0.269. The highest BCUT2D eigenvalue weighted by atomic mass is 15.5. The number of rotatable bonds is 2. The molecule has 0 fully saturated rings. The van der Waals surface area contributed by atoms with Gasteiger partial charge in [0.15, 0.2) is 0 Å². The van der Waals surface area contributed by atoms with Gasteiger partial charge >= 0.3 is 0 Å². The average molecular weight is 236 g/mol. The monoisotopic (exact) mass is 236 g/mol. The predicted molar refractivity (Wildman–Crippen MR) is 76.2 cm³/mol. The molecule has 1 aliphatic rings. The zero-order chi connectivity index (χ0) is 12.4. The molecule has 3 rings (SSSR count). The van der Waals surface area contributed by atoms with E-state index in [4.69, 9.17) is 0 Å². The molecule has 0 N–H and O–H groups in total. The largest absolute Gasteiger partial charge is 0.266 e.